The van der Waals surface area contributed by atoms with Gasteiger partial charge in [-0.25, -0.2) is 19.9 Å². The summed E-state index contributed by atoms with van der Waals surface area (Å²) in [6.07, 6.45) is 2.65. The number of carboxylic acids is 1. The zero-order valence-electron chi connectivity index (χ0n) is 22.0. The maximum atomic E-state index is 13.6. The van der Waals surface area contributed by atoms with E-state index in [0.717, 1.165) is 41.8 Å². The maximum Gasteiger partial charge on any atom is 0.337 e. The number of aryl methyl sites for hydroxylation is 1. The van der Waals surface area contributed by atoms with Gasteiger partial charge in [-0.3, -0.25) is 9.36 Å². The average molecular weight is 535 g/mol. The molecule has 11 nitrogen and oxygen atoms in total. The number of aromatic carboxylic acids is 1. The number of unbranched alkanes of at least 4 members (excludes halogenated alkanes) is 1. The Morgan fingerprint density at radius 3 is 2.58 bits per heavy atom. The zero-order chi connectivity index (χ0) is 27.8. The molecule has 3 aromatic heterocycles. The first-order chi connectivity index (χ1) is 19.5. The predicted octanol–water partition coefficient (Wildman–Crippen LogP) is 4.22. The van der Waals surface area contributed by atoms with Crippen molar-refractivity contribution in [3.63, 3.8) is 0 Å². The number of nitrogens with zero attached hydrogens (tertiary/aromatic N) is 7. The summed E-state index contributed by atoms with van der Waals surface area (Å²) in [4.78, 5) is 35.3. The van der Waals surface area contributed by atoms with E-state index < -0.39 is 5.97 Å². The molecule has 0 aliphatic carbocycles. The van der Waals surface area contributed by atoms with Gasteiger partial charge in [0.15, 0.2) is 5.82 Å². The first-order valence-corrected chi connectivity index (χ1v) is 13.0. The molecule has 11 heteroatoms. The fraction of sp³-hybridized carbons (Fsp3) is 0.207. The number of hydrogen-bond donors (Lipinski definition) is 2. The lowest BCUT2D eigenvalue weighted by Crippen LogP contribution is -2.21. The number of carbonyl (C=O) groups is 1. The second kappa shape index (κ2) is 10.2. The van der Waals surface area contributed by atoms with Crippen molar-refractivity contribution in [1.29, 1.82) is 0 Å². The van der Waals surface area contributed by atoms with E-state index in [2.05, 4.69) is 27.5 Å². The molecule has 40 heavy (non-hydrogen) atoms. The SMILES string of the molecule is CCCCc1nc2cccc(C(=O)O)c2n1Cc1ccc2nc(-c3ccccc3-c3nnn[nH]3)n(C)c(=O)c2c1. The van der Waals surface area contributed by atoms with E-state index in [1.165, 1.54) is 4.57 Å². The van der Waals surface area contributed by atoms with Gasteiger partial charge in [0, 0.05) is 31.1 Å². The summed E-state index contributed by atoms with van der Waals surface area (Å²) in [6.45, 7) is 2.48. The zero-order valence-corrected chi connectivity index (χ0v) is 22.0. The molecule has 0 fully saturated rings. The molecular formula is C29H26N8O3. The Balaban J connectivity index is 1.46. The van der Waals surface area contributed by atoms with Gasteiger partial charge in [-0.1, -0.05) is 49.7 Å². The highest BCUT2D eigenvalue weighted by molar-refractivity contribution is 6.01. The molecule has 0 atom stereocenters. The summed E-state index contributed by atoms with van der Waals surface area (Å²) in [7, 11) is 1.69. The first-order valence-electron chi connectivity index (χ1n) is 13.0. The first kappa shape index (κ1) is 25.1. The minimum Gasteiger partial charge on any atom is -0.478 e. The molecule has 0 saturated carbocycles. The molecule has 0 amide bonds. The van der Waals surface area contributed by atoms with Crippen molar-refractivity contribution in [3.8, 4) is 22.8 Å². The number of aromatic nitrogens is 8. The number of nitrogens with one attached hydrogen (secondary N) is 1. The van der Waals surface area contributed by atoms with E-state index in [1.807, 2.05) is 53.1 Å². The number of aromatic amines is 1. The quantitative estimate of drug-likeness (QED) is 0.295. The van der Waals surface area contributed by atoms with Gasteiger partial charge < -0.3 is 9.67 Å². The number of rotatable bonds is 8. The fourth-order valence-corrected chi connectivity index (χ4v) is 5.10. The number of hydrogen-bond acceptors (Lipinski definition) is 7. The molecule has 0 unspecified atom stereocenters. The minimum atomic E-state index is -1.00. The van der Waals surface area contributed by atoms with Crippen LogP contribution >= 0.6 is 0 Å². The number of imidazole rings is 1. The Morgan fingerprint density at radius 2 is 1.82 bits per heavy atom. The summed E-state index contributed by atoms with van der Waals surface area (Å²) in [5, 5.41) is 24.5. The smallest absolute Gasteiger partial charge is 0.337 e. The number of tetrazole rings is 1. The normalized spacial score (nSPS) is 11.4. The Morgan fingerprint density at radius 1 is 1.00 bits per heavy atom. The van der Waals surface area contributed by atoms with E-state index in [4.69, 9.17) is 9.97 Å². The third kappa shape index (κ3) is 4.31. The summed E-state index contributed by atoms with van der Waals surface area (Å²) >= 11 is 0. The van der Waals surface area contributed by atoms with Gasteiger partial charge in [-0.2, -0.15) is 0 Å². The minimum absolute atomic E-state index is 0.194. The second-order valence-electron chi connectivity index (χ2n) is 9.64. The molecule has 200 valence electrons. The lowest BCUT2D eigenvalue weighted by Gasteiger charge is -2.14. The van der Waals surface area contributed by atoms with Crippen molar-refractivity contribution in [2.75, 3.05) is 0 Å². The van der Waals surface area contributed by atoms with E-state index in [-0.39, 0.29) is 11.1 Å². The van der Waals surface area contributed by atoms with E-state index >= 15 is 0 Å². The highest BCUT2D eigenvalue weighted by atomic mass is 16.4. The van der Waals surface area contributed by atoms with Crippen LogP contribution < -0.4 is 5.56 Å². The maximum absolute atomic E-state index is 13.6. The molecule has 6 rings (SSSR count). The third-order valence-corrected chi connectivity index (χ3v) is 7.08. The van der Waals surface area contributed by atoms with Gasteiger partial charge in [0.25, 0.3) is 5.56 Å². The number of H-pyrrole nitrogens is 1. The molecule has 0 aliphatic heterocycles. The van der Waals surface area contributed by atoms with Crippen LogP contribution in [0.15, 0.2) is 65.5 Å². The van der Waals surface area contributed by atoms with Crippen molar-refractivity contribution in [2.45, 2.75) is 32.7 Å². The van der Waals surface area contributed by atoms with Gasteiger partial charge in [0.1, 0.15) is 11.6 Å². The van der Waals surface area contributed by atoms with Crippen molar-refractivity contribution in [2.24, 2.45) is 7.05 Å². The second-order valence-corrected chi connectivity index (χ2v) is 9.64. The number of carboxylic acid groups (broad SMARTS) is 1. The van der Waals surface area contributed by atoms with Crippen LogP contribution in [0.4, 0.5) is 0 Å². The number of benzene rings is 3. The van der Waals surface area contributed by atoms with Crippen molar-refractivity contribution in [1.82, 2.24) is 39.7 Å². The lowest BCUT2D eigenvalue weighted by molar-refractivity contribution is 0.0698. The molecule has 0 saturated heterocycles. The van der Waals surface area contributed by atoms with Crippen molar-refractivity contribution in [3.05, 3.63) is 88.0 Å². The van der Waals surface area contributed by atoms with Gasteiger partial charge in [-0.05, 0) is 46.7 Å². The topological polar surface area (TPSA) is 144 Å². The Kier molecular flexibility index (Phi) is 6.39. The van der Waals surface area contributed by atoms with Gasteiger partial charge in [-0.15, -0.1) is 5.10 Å². The van der Waals surface area contributed by atoms with Crippen LogP contribution in [-0.2, 0) is 20.0 Å². The van der Waals surface area contributed by atoms with Crippen molar-refractivity contribution < 1.29 is 9.90 Å². The summed E-state index contributed by atoms with van der Waals surface area (Å²) in [5.41, 5.74) is 4.10. The molecular weight excluding hydrogens is 508 g/mol. The molecule has 0 bridgehead atoms. The highest BCUT2D eigenvalue weighted by Gasteiger charge is 2.19. The van der Waals surface area contributed by atoms with Crippen LogP contribution in [0.5, 0.6) is 0 Å². The van der Waals surface area contributed by atoms with E-state index in [0.29, 0.717) is 40.1 Å². The molecule has 3 heterocycles. The van der Waals surface area contributed by atoms with Crippen LogP contribution in [0, 0.1) is 0 Å². The highest BCUT2D eigenvalue weighted by Crippen LogP contribution is 2.29. The number of fused-ring (bicyclic) bond motifs is 2. The van der Waals surface area contributed by atoms with E-state index in [1.54, 1.807) is 19.2 Å². The van der Waals surface area contributed by atoms with Crippen LogP contribution in [0.3, 0.4) is 0 Å². The fourth-order valence-electron chi connectivity index (χ4n) is 5.10. The Labute approximate surface area is 228 Å². The van der Waals surface area contributed by atoms with Crippen LogP contribution in [0.25, 0.3) is 44.7 Å². The average Bonchev–Trinajstić information content (AvgIpc) is 3.62. The largest absolute Gasteiger partial charge is 0.478 e. The lowest BCUT2D eigenvalue weighted by atomic mass is 10.1. The van der Waals surface area contributed by atoms with Crippen molar-refractivity contribution >= 4 is 27.9 Å². The molecule has 2 N–H and O–H groups in total. The van der Waals surface area contributed by atoms with Crippen LogP contribution in [-0.4, -0.2) is 50.8 Å². The summed E-state index contributed by atoms with van der Waals surface area (Å²) in [5.74, 6) is 0.795. The third-order valence-electron chi connectivity index (χ3n) is 7.08. The van der Waals surface area contributed by atoms with E-state index in [9.17, 15) is 14.7 Å². The van der Waals surface area contributed by atoms with Gasteiger partial charge in [0.05, 0.1) is 27.5 Å². The molecule has 0 radical (unpaired) electrons. The van der Waals surface area contributed by atoms with Crippen LogP contribution in [0.2, 0.25) is 0 Å². The summed E-state index contributed by atoms with van der Waals surface area (Å²) < 4.78 is 3.49. The Hall–Kier alpha value is -5.19. The Bertz CT molecular complexity index is 1940. The number of para-hydroxylation sites is 1. The summed E-state index contributed by atoms with van der Waals surface area (Å²) in [6, 6.07) is 18.2. The van der Waals surface area contributed by atoms with Gasteiger partial charge >= 0.3 is 5.97 Å². The monoisotopic (exact) mass is 534 g/mol. The molecule has 0 aliphatic rings. The van der Waals surface area contributed by atoms with Crippen LogP contribution in [0.1, 0.15) is 41.5 Å². The van der Waals surface area contributed by atoms with Gasteiger partial charge in [0.2, 0.25) is 0 Å². The standard InChI is InChI=1S/C29H26N8O3/c1-3-4-12-24-30-23-11-7-10-20(29(39)40)25(23)37(24)16-17-13-14-22-21(15-17)28(38)36(2)27(31-22)19-9-6-5-8-18(19)26-32-34-35-33-26/h5-11,13-15H,3-4,12,16H2,1-2H3,(H,39,40)(H,32,33,34,35). The molecule has 6 aromatic rings. The molecule has 0 spiro atoms. The predicted molar refractivity (Wildman–Crippen MR) is 150 cm³/mol. The molecule has 3 aromatic carbocycles.